The maximum atomic E-state index is 13.1. The number of oxazole rings is 1. The van der Waals surface area contributed by atoms with Gasteiger partial charge in [0.2, 0.25) is 17.6 Å². The number of aromatic nitrogens is 3. The van der Waals surface area contributed by atoms with Crippen molar-refractivity contribution in [3.8, 4) is 0 Å². The normalized spacial score (nSPS) is 13.9. The Bertz CT molecular complexity index is 1700. The van der Waals surface area contributed by atoms with E-state index >= 15 is 0 Å². The minimum atomic E-state index is -0.744. The predicted octanol–water partition coefficient (Wildman–Crippen LogP) is 3.40. The fourth-order valence-corrected chi connectivity index (χ4v) is 4.98. The molecule has 14 heteroatoms. The number of rotatable bonds is 11. The number of anilines is 2. The monoisotopic (exact) mass is 588 g/mol. The fourth-order valence-electron chi connectivity index (χ4n) is 4.98. The van der Waals surface area contributed by atoms with Crippen molar-refractivity contribution in [3.63, 3.8) is 0 Å². The fraction of sp³-hybridized carbons (Fsp3) is 0.310. The number of carbonyl (C=O) groups is 2. The first-order valence-electron chi connectivity index (χ1n) is 13.7. The van der Waals surface area contributed by atoms with Gasteiger partial charge in [-0.2, -0.15) is 0 Å². The number of imidazole rings is 1. The molecule has 0 spiro atoms. The number of ether oxygens (including phenoxy) is 1. The number of nitrogens with two attached hydrogens (primary N) is 1. The van der Waals surface area contributed by atoms with Gasteiger partial charge in [0.15, 0.2) is 5.89 Å². The molecular weight excluding hydrogens is 556 g/mol. The lowest BCUT2D eigenvalue weighted by atomic mass is 10.1. The van der Waals surface area contributed by atoms with E-state index in [0.29, 0.717) is 43.8 Å². The van der Waals surface area contributed by atoms with Crippen molar-refractivity contribution < 1.29 is 23.7 Å². The van der Waals surface area contributed by atoms with Crippen molar-refractivity contribution in [2.75, 3.05) is 43.5 Å². The van der Waals surface area contributed by atoms with E-state index in [-0.39, 0.29) is 29.2 Å². The number of nitro benzene ring substituents is 1. The van der Waals surface area contributed by atoms with Gasteiger partial charge in [0.25, 0.3) is 11.6 Å². The molecule has 0 unspecified atom stereocenters. The van der Waals surface area contributed by atoms with Crippen molar-refractivity contribution in [3.05, 3.63) is 87.1 Å². The molecule has 2 amide bonds. The Hall–Kier alpha value is -5.08. The number of hydrogen-bond acceptors (Lipinski definition) is 10. The number of primary amides is 1. The summed E-state index contributed by atoms with van der Waals surface area (Å²) in [5, 5.41) is 17.4. The molecule has 2 aromatic carbocycles. The molecule has 14 nitrogen and oxygen atoms in total. The first kappa shape index (κ1) is 29.4. The summed E-state index contributed by atoms with van der Waals surface area (Å²) in [6.45, 7) is 7.67. The molecule has 1 aliphatic heterocycles. The summed E-state index contributed by atoms with van der Waals surface area (Å²) in [7, 11) is 0. The Morgan fingerprint density at radius 3 is 2.63 bits per heavy atom. The summed E-state index contributed by atoms with van der Waals surface area (Å²) < 4.78 is 12.9. The summed E-state index contributed by atoms with van der Waals surface area (Å²) in [6.07, 6.45) is 3.69. The highest BCUT2D eigenvalue weighted by atomic mass is 16.6. The smallest absolute Gasteiger partial charge is 0.295 e. The highest BCUT2D eigenvalue weighted by Gasteiger charge is 2.22. The van der Waals surface area contributed by atoms with Gasteiger partial charge in [-0.15, -0.1) is 0 Å². The van der Waals surface area contributed by atoms with Gasteiger partial charge in [-0.05, 0) is 30.7 Å². The van der Waals surface area contributed by atoms with Crippen LogP contribution < -0.4 is 16.4 Å². The van der Waals surface area contributed by atoms with Gasteiger partial charge in [0, 0.05) is 51.3 Å². The summed E-state index contributed by atoms with van der Waals surface area (Å²) in [5.41, 5.74) is 8.46. The molecule has 43 heavy (non-hydrogen) atoms. The number of aryl methyl sites for hydroxylation is 2. The molecule has 1 saturated heterocycles. The van der Waals surface area contributed by atoms with Crippen molar-refractivity contribution in [1.82, 2.24) is 19.4 Å². The van der Waals surface area contributed by atoms with E-state index in [1.165, 1.54) is 12.1 Å². The van der Waals surface area contributed by atoms with Crippen LogP contribution >= 0.6 is 0 Å². The van der Waals surface area contributed by atoms with Gasteiger partial charge in [0.1, 0.15) is 5.69 Å². The van der Waals surface area contributed by atoms with E-state index < -0.39 is 16.7 Å². The maximum Gasteiger partial charge on any atom is 0.295 e. The van der Waals surface area contributed by atoms with Gasteiger partial charge in [-0.3, -0.25) is 29.9 Å². The van der Waals surface area contributed by atoms with E-state index in [4.69, 9.17) is 19.9 Å². The van der Waals surface area contributed by atoms with Gasteiger partial charge in [-0.1, -0.05) is 24.3 Å². The van der Waals surface area contributed by atoms with Crippen molar-refractivity contribution in [2.24, 2.45) is 5.73 Å². The molecule has 5 rings (SSSR count). The first-order valence-corrected chi connectivity index (χ1v) is 13.7. The number of allylic oxidation sites excluding steroid dienone is 1. The average Bonchev–Trinajstić information content (AvgIpc) is 3.51. The Kier molecular flexibility index (Phi) is 8.78. The number of fused-ring (bicyclic) bond motifs is 1. The van der Waals surface area contributed by atoms with E-state index in [2.05, 4.69) is 20.5 Å². The van der Waals surface area contributed by atoms with Gasteiger partial charge in [-0.25, -0.2) is 9.97 Å². The second-order valence-electron chi connectivity index (χ2n) is 10.0. The van der Waals surface area contributed by atoms with Gasteiger partial charge < -0.3 is 24.8 Å². The standard InChI is InChI=1S/C29H32N8O6/c1-18-26(43-19(2)32-18)28(39)34-29-33-23-7-5-6-21(17-35-12-14-42-15-13-35)25(23)36(29)11-4-3-10-31-22-9-8-20(27(30)38)16-24(22)37(40)41/h3-9,16,31H,10-15,17H2,1-2H3,(H2,30,38)(H,33,34,39)/b4-3+. The number of para-hydroxylation sites is 1. The van der Waals surface area contributed by atoms with E-state index in [9.17, 15) is 19.7 Å². The van der Waals surface area contributed by atoms with E-state index in [1.54, 1.807) is 13.8 Å². The Labute approximate surface area is 246 Å². The topological polar surface area (TPSA) is 184 Å². The number of nitro groups is 1. The number of nitrogens with one attached hydrogen (secondary N) is 2. The maximum absolute atomic E-state index is 13.1. The van der Waals surface area contributed by atoms with Crippen LogP contribution in [0, 0.1) is 24.0 Å². The number of nitrogens with zero attached hydrogens (tertiary/aromatic N) is 5. The third-order valence-electron chi connectivity index (χ3n) is 7.03. The molecule has 1 aliphatic rings. The molecular formula is C29H32N8O6. The highest BCUT2D eigenvalue weighted by molar-refractivity contribution is 6.03. The number of amides is 2. The number of carbonyl (C=O) groups excluding carboxylic acids is 2. The summed E-state index contributed by atoms with van der Waals surface area (Å²) >= 11 is 0. The first-order chi connectivity index (χ1) is 20.7. The zero-order chi connectivity index (χ0) is 30.5. The Balaban J connectivity index is 1.40. The lowest BCUT2D eigenvalue weighted by Crippen LogP contribution is -2.35. The number of benzene rings is 2. The average molecular weight is 589 g/mol. The van der Waals surface area contributed by atoms with Crippen LogP contribution in [0.5, 0.6) is 0 Å². The van der Waals surface area contributed by atoms with Crippen LogP contribution in [0.15, 0.2) is 53.0 Å². The lowest BCUT2D eigenvalue weighted by Gasteiger charge is -2.27. The minimum Gasteiger partial charge on any atom is -0.436 e. The van der Waals surface area contributed by atoms with Crippen LogP contribution in [-0.4, -0.2) is 69.0 Å². The molecule has 0 atom stereocenters. The number of hydrogen-bond donors (Lipinski definition) is 3. The molecule has 2 aromatic heterocycles. The molecule has 224 valence electrons. The van der Waals surface area contributed by atoms with Crippen LogP contribution in [-0.2, 0) is 17.8 Å². The van der Waals surface area contributed by atoms with Crippen LogP contribution in [0.4, 0.5) is 17.3 Å². The molecule has 0 saturated carbocycles. The largest absolute Gasteiger partial charge is 0.436 e. The van der Waals surface area contributed by atoms with Gasteiger partial charge >= 0.3 is 0 Å². The molecule has 0 bridgehead atoms. The van der Waals surface area contributed by atoms with E-state index in [0.717, 1.165) is 35.8 Å². The summed E-state index contributed by atoms with van der Waals surface area (Å²) in [5.74, 6) is -0.344. The second-order valence-corrected chi connectivity index (χ2v) is 10.0. The van der Waals surface area contributed by atoms with Crippen molar-refractivity contribution in [1.29, 1.82) is 0 Å². The third-order valence-corrected chi connectivity index (χ3v) is 7.03. The quantitative estimate of drug-likeness (QED) is 0.133. The predicted molar refractivity (Wildman–Crippen MR) is 159 cm³/mol. The molecule has 1 fully saturated rings. The Morgan fingerprint density at radius 2 is 1.93 bits per heavy atom. The van der Waals surface area contributed by atoms with Crippen LogP contribution in [0.1, 0.15) is 38.1 Å². The van der Waals surface area contributed by atoms with Crippen LogP contribution in [0.3, 0.4) is 0 Å². The van der Waals surface area contributed by atoms with E-state index in [1.807, 2.05) is 34.9 Å². The second kappa shape index (κ2) is 12.8. The lowest BCUT2D eigenvalue weighted by molar-refractivity contribution is -0.384. The molecule has 0 radical (unpaired) electrons. The number of morpholine rings is 1. The minimum absolute atomic E-state index is 0.0536. The zero-order valence-corrected chi connectivity index (χ0v) is 23.8. The molecule has 0 aliphatic carbocycles. The molecule has 3 heterocycles. The van der Waals surface area contributed by atoms with Crippen LogP contribution in [0.25, 0.3) is 11.0 Å². The SMILES string of the molecule is Cc1nc(C)c(C(=O)Nc2nc3cccc(CN4CCOCC4)c3n2C/C=C/CNc2ccc(C(N)=O)cc2[N+](=O)[O-])o1. The van der Waals surface area contributed by atoms with Gasteiger partial charge in [0.05, 0.1) is 34.9 Å². The summed E-state index contributed by atoms with van der Waals surface area (Å²) in [4.78, 5) is 46.8. The third kappa shape index (κ3) is 6.71. The zero-order valence-electron chi connectivity index (χ0n) is 23.8. The molecule has 4 aromatic rings. The van der Waals surface area contributed by atoms with Crippen molar-refractivity contribution >= 4 is 40.2 Å². The highest BCUT2D eigenvalue weighted by Crippen LogP contribution is 2.27. The Morgan fingerprint density at radius 1 is 1.14 bits per heavy atom. The van der Waals surface area contributed by atoms with Crippen molar-refractivity contribution in [2.45, 2.75) is 26.9 Å². The molecule has 4 N–H and O–H groups in total. The van der Waals surface area contributed by atoms with Crippen LogP contribution in [0.2, 0.25) is 0 Å². The summed E-state index contributed by atoms with van der Waals surface area (Å²) in [6, 6.07) is 9.92.